The summed E-state index contributed by atoms with van der Waals surface area (Å²) in [6, 6.07) is 8.26. The summed E-state index contributed by atoms with van der Waals surface area (Å²) in [6.07, 6.45) is 2.55. The molecule has 0 spiro atoms. The molecule has 0 unspecified atom stereocenters. The zero-order valence-corrected chi connectivity index (χ0v) is 10.0. The Morgan fingerprint density at radius 3 is 2.82 bits per heavy atom. The molecule has 2 aliphatic rings. The molecular formula is C15H16O2. The summed E-state index contributed by atoms with van der Waals surface area (Å²) in [5.74, 6) is 0.304. The molecule has 0 N–H and O–H groups in total. The zero-order valence-electron chi connectivity index (χ0n) is 10.0. The minimum absolute atomic E-state index is 0.0510. The van der Waals surface area contributed by atoms with E-state index in [-0.39, 0.29) is 29.3 Å². The maximum Gasteiger partial charge on any atom is 0.144 e. The van der Waals surface area contributed by atoms with Gasteiger partial charge in [0.1, 0.15) is 11.6 Å². The molecule has 0 heterocycles. The van der Waals surface area contributed by atoms with Gasteiger partial charge in [-0.25, -0.2) is 0 Å². The smallest absolute Gasteiger partial charge is 0.144 e. The molecule has 0 bridgehead atoms. The molecule has 0 radical (unpaired) electrons. The number of Topliss-reactive ketones (excluding diaryl/α,β-unsaturated/α-hetero) is 2. The molecule has 1 saturated carbocycles. The molecule has 2 atom stereocenters. The van der Waals surface area contributed by atoms with Gasteiger partial charge in [0.15, 0.2) is 0 Å². The first kappa shape index (κ1) is 10.7. The highest BCUT2D eigenvalue weighted by molar-refractivity contribution is 6.04. The van der Waals surface area contributed by atoms with Crippen molar-refractivity contribution in [1.29, 1.82) is 0 Å². The summed E-state index contributed by atoms with van der Waals surface area (Å²) < 4.78 is 0. The van der Waals surface area contributed by atoms with E-state index in [4.69, 9.17) is 0 Å². The molecule has 2 nitrogen and oxygen atoms in total. The van der Waals surface area contributed by atoms with Crippen molar-refractivity contribution >= 4 is 11.6 Å². The van der Waals surface area contributed by atoms with Crippen LogP contribution in [0.4, 0.5) is 0 Å². The molecule has 2 aliphatic carbocycles. The zero-order chi connectivity index (χ0) is 12.0. The summed E-state index contributed by atoms with van der Waals surface area (Å²) in [7, 11) is 0. The van der Waals surface area contributed by atoms with Crippen LogP contribution in [0.2, 0.25) is 0 Å². The number of hydrogen-bond acceptors (Lipinski definition) is 2. The molecular weight excluding hydrogens is 212 g/mol. The van der Waals surface area contributed by atoms with Crippen LogP contribution in [-0.4, -0.2) is 11.6 Å². The molecule has 0 aliphatic heterocycles. The van der Waals surface area contributed by atoms with Crippen molar-refractivity contribution in [2.75, 3.05) is 0 Å². The van der Waals surface area contributed by atoms with E-state index in [1.54, 1.807) is 0 Å². The summed E-state index contributed by atoms with van der Waals surface area (Å²) in [6.45, 7) is 2.09. The van der Waals surface area contributed by atoms with E-state index in [9.17, 15) is 9.59 Å². The maximum absolute atomic E-state index is 12.0. The molecule has 0 amide bonds. The topological polar surface area (TPSA) is 34.1 Å². The van der Waals surface area contributed by atoms with Crippen molar-refractivity contribution in [2.45, 2.75) is 38.0 Å². The van der Waals surface area contributed by atoms with Crippen molar-refractivity contribution in [3.05, 3.63) is 35.4 Å². The lowest BCUT2D eigenvalue weighted by atomic mass is 9.57. The van der Waals surface area contributed by atoms with Crippen LogP contribution in [-0.2, 0) is 21.4 Å². The van der Waals surface area contributed by atoms with Gasteiger partial charge < -0.3 is 0 Å². The second-order valence-electron chi connectivity index (χ2n) is 5.52. The Balaban J connectivity index is 2.15. The van der Waals surface area contributed by atoms with Gasteiger partial charge in [-0.1, -0.05) is 31.2 Å². The number of ketones is 2. The summed E-state index contributed by atoms with van der Waals surface area (Å²) in [5, 5.41) is 0. The van der Waals surface area contributed by atoms with Gasteiger partial charge in [-0.15, -0.1) is 0 Å². The molecule has 0 saturated heterocycles. The Kier molecular flexibility index (Phi) is 2.22. The van der Waals surface area contributed by atoms with Crippen LogP contribution in [0.15, 0.2) is 24.3 Å². The maximum atomic E-state index is 12.0. The first-order valence-electron chi connectivity index (χ1n) is 6.24. The standard InChI is InChI=1S/C15H16O2/c1-15-9-11(16)8-14(17)13(15)7-6-10-4-2-3-5-12(10)15/h2-5,13H,6-9H2,1H3/t13-,15-/m0/s1. The molecule has 2 heteroatoms. The van der Waals surface area contributed by atoms with Crippen LogP contribution in [0.5, 0.6) is 0 Å². The van der Waals surface area contributed by atoms with Gasteiger partial charge in [0.05, 0.1) is 6.42 Å². The van der Waals surface area contributed by atoms with Gasteiger partial charge in [-0.3, -0.25) is 9.59 Å². The molecule has 88 valence electrons. The van der Waals surface area contributed by atoms with E-state index >= 15 is 0 Å². The van der Waals surface area contributed by atoms with Gasteiger partial charge in [0.25, 0.3) is 0 Å². The quantitative estimate of drug-likeness (QED) is 0.639. The molecule has 1 fully saturated rings. The van der Waals surface area contributed by atoms with E-state index in [0.717, 1.165) is 12.8 Å². The van der Waals surface area contributed by atoms with Crippen LogP contribution in [0.25, 0.3) is 0 Å². The molecule has 0 aromatic heterocycles. The normalized spacial score (nSPS) is 31.9. The lowest BCUT2D eigenvalue weighted by Gasteiger charge is -2.44. The molecule has 1 aromatic carbocycles. The fraction of sp³-hybridized carbons (Fsp3) is 0.467. The van der Waals surface area contributed by atoms with Gasteiger partial charge in [-0.2, -0.15) is 0 Å². The number of benzene rings is 1. The predicted octanol–water partition coefficient (Wildman–Crippen LogP) is 2.44. The fourth-order valence-corrected chi connectivity index (χ4v) is 3.63. The average Bonchev–Trinajstić information content (AvgIpc) is 2.28. The van der Waals surface area contributed by atoms with E-state index < -0.39 is 0 Å². The van der Waals surface area contributed by atoms with E-state index in [0.29, 0.717) is 6.42 Å². The number of hydrogen-bond donors (Lipinski definition) is 0. The highest BCUT2D eigenvalue weighted by Crippen LogP contribution is 2.47. The van der Waals surface area contributed by atoms with Crippen molar-refractivity contribution in [3.63, 3.8) is 0 Å². The predicted molar refractivity (Wildman–Crippen MR) is 64.9 cm³/mol. The first-order valence-corrected chi connectivity index (χ1v) is 6.24. The van der Waals surface area contributed by atoms with Crippen LogP contribution in [0.3, 0.4) is 0 Å². The first-order chi connectivity index (χ1) is 8.11. The van der Waals surface area contributed by atoms with Crippen molar-refractivity contribution in [2.24, 2.45) is 5.92 Å². The van der Waals surface area contributed by atoms with Gasteiger partial charge in [0.2, 0.25) is 0 Å². The summed E-state index contributed by atoms with van der Waals surface area (Å²) >= 11 is 0. The Morgan fingerprint density at radius 1 is 1.24 bits per heavy atom. The van der Waals surface area contributed by atoms with Crippen LogP contribution < -0.4 is 0 Å². The summed E-state index contributed by atoms with van der Waals surface area (Å²) in [4.78, 5) is 23.8. The lowest BCUT2D eigenvalue weighted by molar-refractivity contribution is -0.136. The third-order valence-corrected chi connectivity index (χ3v) is 4.43. The highest BCUT2D eigenvalue weighted by Gasteiger charge is 2.48. The number of aryl methyl sites for hydroxylation is 1. The fourth-order valence-electron chi connectivity index (χ4n) is 3.63. The molecule has 1 aromatic rings. The van der Waals surface area contributed by atoms with Gasteiger partial charge >= 0.3 is 0 Å². The largest absolute Gasteiger partial charge is 0.299 e. The Labute approximate surface area is 101 Å². The number of carbonyl (C=O) groups excluding carboxylic acids is 2. The Hall–Kier alpha value is -1.44. The lowest BCUT2D eigenvalue weighted by Crippen LogP contribution is -2.47. The van der Waals surface area contributed by atoms with Crippen molar-refractivity contribution in [3.8, 4) is 0 Å². The van der Waals surface area contributed by atoms with Crippen molar-refractivity contribution < 1.29 is 9.59 Å². The second-order valence-corrected chi connectivity index (χ2v) is 5.52. The summed E-state index contributed by atoms with van der Waals surface area (Å²) in [5.41, 5.74) is 2.28. The molecule has 17 heavy (non-hydrogen) atoms. The third kappa shape index (κ3) is 1.47. The average molecular weight is 228 g/mol. The van der Waals surface area contributed by atoms with Crippen LogP contribution in [0, 0.1) is 5.92 Å². The van der Waals surface area contributed by atoms with Crippen LogP contribution in [0.1, 0.15) is 37.3 Å². The Morgan fingerprint density at radius 2 is 2.00 bits per heavy atom. The number of carbonyl (C=O) groups is 2. The van der Waals surface area contributed by atoms with Crippen molar-refractivity contribution in [1.82, 2.24) is 0 Å². The number of rotatable bonds is 0. The Bertz CT molecular complexity index is 503. The number of fused-ring (bicyclic) bond motifs is 3. The van der Waals surface area contributed by atoms with Gasteiger partial charge in [0, 0.05) is 17.8 Å². The highest BCUT2D eigenvalue weighted by atomic mass is 16.1. The minimum atomic E-state index is -0.249. The monoisotopic (exact) mass is 228 g/mol. The van der Waals surface area contributed by atoms with E-state index in [2.05, 4.69) is 19.1 Å². The van der Waals surface area contributed by atoms with Crippen LogP contribution >= 0.6 is 0 Å². The minimum Gasteiger partial charge on any atom is -0.299 e. The SMILES string of the molecule is C[C@@]12CC(=O)CC(=O)[C@@H]1CCc1ccccc12. The third-order valence-electron chi connectivity index (χ3n) is 4.43. The van der Waals surface area contributed by atoms with Gasteiger partial charge in [-0.05, 0) is 24.0 Å². The second kappa shape index (κ2) is 3.52. The molecule has 3 rings (SSSR count). The van der Waals surface area contributed by atoms with E-state index in [1.807, 2.05) is 12.1 Å². The van der Waals surface area contributed by atoms with E-state index in [1.165, 1.54) is 11.1 Å².